The molecule has 1 heteroatoms. The summed E-state index contributed by atoms with van der Waals surface area (Å²) in [6.07, 6.45) is 6.95. The van der Waals surface area contributed by atoms with Crippen LogP contribution in [-0.4, -0.2) is 13.1 Å². The molecule has 1 aliphatic carbocycles. The lowest BCUT2D eigenvalue weighted by atomic mass is 9.76. The summed E-state index contributed by atoms with van der Waals surface area (Å²) in [6, 6.07) is 10.2. The van der Waals surface area contributed by atoms with Crippen LogP contribution < -0.4 is 5.32 Å². The van der Waals surface area contributed by atoms with Crippen molar-refractivity contribution in [1.82, 2.24) is 5.32 Å². The van der Waals surface area contributed by atoms with Gasteiger partial charge in [-0.2, -0.15) is 0 Å². The van der Waals surface area contributed by atoms with E-state index in [1.807, 2.05) is 18.2 Å². The first kappa shape index (κ1) is 13.2. The molecule has 1 fully saturated rings. The molecule has 0 spiro atoms. The molecule has 1 aliphatic rings. The highest BCUT2D eigenvalue weighted by Crippen LogP contribution is 2.34. The van der Waals surface area contributed by atoms with Crippen LogP contribution in [0.5, 0.6) is 0 Å². The molecule has 0 amide bonds. The normalized spacial score (nSPS) is 17.8. The molecule has 1 N–H and O–H groups in total. The largest absolute Gasteiger partial charge is 0.306 e. The summed E-state index contributed by atoms with van der Waals surface area (Å²) >= 11 is 0. The summed E-state index contributed by atoms with van der Waals surface area (Å²) in [4.78, 5) is 0. The molecule has 0 atom stereocenters. The second-order valence-corrected chi connectivity index (χ2v) is 5.64. The number of hydrogen-bond donors (Lipinski definition) is 1. The summed E-state index contributed by atoms with van der Waals surface area (Å²) in [5.41, 5.74) is 1.61. The molecule has 1 aromatic carbocycles. The highest BCUT2D eigenvalue weighted by molar-refractivity contribution is 5.33. The standard InChI is InChI=1S/C17H23N/c1-17(12-6-3-7-13-17)15-18-14-8-11-16-9-4-2-5-10-16/h2,4-5,9-10,18H,3,6-7,12-15H2,1H3. The minimum Gasteiger partial charge on any atom is -0.306 e. The maximum atomic E-state index is 3.49. The third kappa shape index (κ3) is 4.20. The molecule has 1 saturated carbocycles. The van der Waals surface area contributed by atoms with Crippen molar-refractivity contribution >= 4 is 0 Å². The van der Waals surface area contributed by atoms with Crippen LogP contribution in [0.4, 0.5) is 0 Å². The summed E-state index contributed by atoms with van der Waals surface area (Å²) < 4.78 is 0. The molecule has 96 valence electrons. The first-order valence-corrected chi connectivity index (χ1v) is 7.03. The molecule has 0 bridgehead atoms. The molecular formula is C17H23N. The van der Waals surface area contributed by atoms with Gasteiger partial charge in [0.15, 0.2) is 0 Å². The van der Waals surface area contributed by atoms with Gasteiger partial charge in [0.1, 0.15) is 0 Å². The zero-order valence-corrected chi connectivity index (χ0v) is 11.3. The third-order valence-corrected chi connectivity index (χ3v) is 3.83. The maximum absolute atomic E-state index is 3.49. The highest BCUT2D eigenvalue weighted by Gasteiger charge is 2.25. The summed E-state index contributed by atoms with van der Waals surface area (Å²) in [5, 5.41) is 3.49. The van der Waals surface area contributed by atoms with Gasteiger partial charge >= 0.3 is 0 Å². The predicted molar refractivity (Wildman–Crippen MR) is 77.4 cm³/mol. The molecule has 0 unspecified atom stereocenters. The van der Waals surface area contributed by atoms with E-state index in [0.717, 1.165) is 18.7 Å². The number of hydrogen-bond acceptors (Lipinski definition) is 1. The topological polar surface area (TPSA) is 12.0 Å². The first-order chi connectivity index (χ1) is 8.79. The Morgan fingerprint density at radius 1 is 1.11 bits per heavy atom. The van der Waals surface area contributed by atoms with E-state index in [9.17, 15) is 0 Å². The van der Waals surface area contributed by atoms with Gasteiger partial charge in [-0.25, -0.2) is 0 Å². The van der Waals surface area contributed by atoms with Crippen LogP contribution in [0.2, 0.25) is 0 Å². The second kappa shape index (κ2) is 6.61. The van der Waals surface area contributed by atoms with E-state index in [-0.39, 0.29) is 0 Å². The van der Waals surface area contributed by atoms with Crippen LogP contribution in [0.1, 0.15) is 44.6 Å². The van der Waals surface area contributed by atoms with Crippen molar-refractivity contribution in [2.75, 3.05) is 13.1 Å². The second-order valence-electron chi connectivity index (χ2n) is 5.64. The van der Waals surface area contributed by atoms with Crippen molar-refractivity contribution in [2.24, 2.45) is 5.41 Å². The van der Waals surface area contributed by atoms with E-state index in [4.69, 9.17) is 0 Å². The molecule has 0 heterocycles. The van der Waals surface area contributed by atoms with Crippen LogP contribution in [-0.2, 0) is 0 Å². The Bertz CT molecular complexity index is 404. The van der Waals surface area contributed by atoms with E-state index >= 15 is 0 Å². The molecule has 0 saturated heterocycles. The smallest absolute Gasteiger partial charge is 0.0580 e. The van der Waals surface area contributed by atoms with E-state index in [2.05, 4.69) is 36.2 Å². The number of rotatable bonds is 3. The van der Waals surface area contributed by atoms with Crippen molar-refractivity contribution in [1.29, 1.82) is 0 Å². The Morgan fingerprint density at radius 3 is 2.56 bits per heavy atom. The van der Waals surface area contributed by atoms with E-state index < -0.39 is 0 Å². The molecule has 18 heavy (non-hydrogen) atoms. The zero-order chi connectivity index (χ0) is 12.7. The lowest BCUT2D eigenvalue weighted by molar-refractivity contribution is 0.211. The van der Waals surface area contributed by atoms with Crippen molar-refractivity contribution in [2.45, 2.75) is 39.0 Å². The van der Waals surface area contributed by atoms with Crippen LogP contribution in [0, 0.1) is 17.3 Å². The zero-order valence-electron chi connectivity index (χ0n) is 11.3. The summed E-state index contributed by atoms with van der Waals surface area (Å²) in [7, 11) is 0. The molecule has 1 aromatic rings. The highest BCUT2D eigenvalue weighted by atomic mass is 14.9. The van der Waals surface area contributed by atoms with Gasteiger partial charge in [0.2, 0.25) is 0 Å². The van der Waals surface area contributed by atoms with Gasteiger partial charge in [-0.1, -0.05) is 56.2 Å². The van der Waals surface area contributed by atoms with Crippen LogP contribution in [0.15, 0.2) is 30.3 Å². The van der Waals surface area contributed by atoms with Gasteiger partial charge in [-0.3, -0.25) is 0 Å². The van der Waals surface area contributed by atoms with Gasteiger partial charge in [0.05, 0.1) is 6.54 Å². The van der Waals surface area contributed by atoms with Crippen molar-refractivity contribution in [3.63, 3.8) is 0 Å². The number of nitrogens with one attached hydrogen (secondary N) is 1. The minimum absolute atomic E-state index is 0.507. The Balaban J connectivity index is 1.71. The van der Waals surface area contributed by atoms with Crippen LogP contribution in [0.3, 0.4) is 0 Å². The molecule has 0 aromatic heterocycles. The van der Waals surface area contributed by atoms with Crippen molar-refractivity contribution in [3.8, 4) is 11.8 Å². The van der Waals surface area contributed by atoms with Crippen LogP contribution in [0.25, 0.3) is 0 Å². The van der Waals surface area contributed by atoms with E-state index in [1.165, 1.54) is 32.1 Å². The van der Waals surface area contributed by atoms with Gasteiger partial charge < -0.3 is 5.32 Å². The average molecular weight is 241 g/mol. The van der Waals surface area contributed by atoms with Crippen molar-refractivity contribution in [3.05, 3.63) is 35.9 Å². The van der Waals surface area contributed by atoms with Gasteiger partial charge in [0, 0.05) is 12.1 Å². The monoisotopic (exact) mass is 241 g/mol. The fourth-order valence-corrected chi connectivity index (χ4v) is 2.68. The predicted octanol–water partition coefficient (Wildman–Crippen LogP) is 3.60. The Labute approximate surface area is 111 Å². The Kier molecular flexibility index (Phi) is 4.84. The van der Waals surface area contributed by atoms with Gasteiger partial charge in [-0.15, -0.1) is 0 Å². The SMILES string of the molecule is CC1(CNCC#Cc2ccccc2)CCCCC1. The van der Waals surface area contributed by atoms with E-state index in [1.54, 1.807) is 0 Å². The third-order valence-electron chi connectivity index (χ3n) is 3.83. The molecule has 0 aliphatic heterocycles. The lowest BCUT2D eigenvalue weighted by Crippen LogP contribution is -2.33. The molecule has 0 radical (unpaired) electrons. The lowest BCUT2D eigenvalue weighted by Gasteiger charge is -2.33. The Hall–Kier alpha value is -1.26. The number of benzene rings is 1. The summed E-state index contributed by atoms with van der Waals surface area (Å²) in [6.45, 7) is 4.31. The van der Waals surface area contributed by atoms with Gasteiger partial charge in [0.25, 0.3) is 0 Å². The molecule has 2 rings (SSSR count). The average Bonchev–Trinajstić information content (AvgIpc) is 2.40. The van der Waals surface area contributed by atoms with E-state index in [0.29, 0.717) is 5.41 Å². The molecular weight excluding hydrogens is 218 g/mol. The fraction of sp³-hybridized carbons (Fsp3) is 0.529. The van der Waals surface area contributed by atoms with Crippen LogP contribution >= 0.6 is 0 Å². The Morgan fingerprint density at radius 2 is 1.83 bits per heavy atom. The molecule has 1 nitrogen and oxygen atoms in total. The summed E-state index contributed by atoms with van der Waals surface area (Å²) in [5.74, 6) is 6.38. The fourth-order valence-electron chi connectivity index (χ4n) is 2.68. The van der Waals surface area contributed by atoms with Gasteiger partial charge in [-0.05, 0) is 30.4 Å². The maximum Gasteiger partial charge on any atom is 0.0580 e. The first-order valence-electron chi connectivity index (χ1n) is 7.03. The van der Waals surface area contributed by atoms with Crippen molar-refractivity contribution < 1.29 is 0 Å². The quantitative estimate of drug-likeness (QED) is 0.630. The minimum atomic E-state index is 0.507.